The Morgan fingerprint density at radius 3 is 0.980 bits per heavy atom. The zero-order chi connectivity index (χ0) is 36.2. The molecular weight excluding hydrogens is 658 g/mol. The van der Waals surface area contributed by atoms with Gasteiger partial charge in [0.05, 0.1) is 152 Å². The predicted molar refractivity (Wildman–Crippen MR) is 186 cm³/mol. The Hall–Kier alpha value is -2.15. The quantitative estimate of drug-likeness (QED) is 0.0606. The minimum Gasteiger partial charge on any atom is -0.491 e. The first-order valence-electron chi connectivity index (χ1n) is 17.4. The third kappa shape index (κ3) is 34.3. The molecule has 0 amide bonds. The van der Waals surface area contributed by atoms with Crippen molar-refractivity contribution < 1.29 is 66.4 Å². The Labute approximate surface area is 298 Å². The van der Waals surface area contributed by atoms with Crippen LogP contribution in [0.2, 0.25) is 0 Å². The second-order valence-electron chi connectivity index (χ2n) is 11.5. The van der Waals surface area contributed by atoms with Gasteiger partial charge in [-0.05, 0) is 45.0 Å². The van der Waals surface area contributed by atoms with Gasteiger partial charge in [-0.25, -0.2) is 0 Å². The molecule has 0 saturated heterocycles. The van der Waals surface area contributed by atoms with Gasteiger partial charge >= 0.3 is 5.97 Å². The molecule has 0 heterocycles. The Balaban J connectivity index is 1.64. The molecule has 1 rings (SSSR count). The number of benzene rings is 1. The molecule has 0 saturated carbocycles. The number of hydrogen-bond donors (Lipinski definition) is 1. The summed E-state index contributed by atoms with van der Waals surface area (Å²) in [6.45, 7) is 16.5. The Morgan fingerprint density at radius 2 is 0.700 bits per heavy atom. The van der Waals surface area contributed by atoms with Gasteiger partial charge in [-0.1, -0.05) is 0 Å². The number of nitrogen functional groups attached to an aromatic ring is 1. The van der Waals surface area contributed by atoms with E-state index >= 15 is 0 Å². The number of hydrogen-bond acceptors (Lipinski definition) is 15. The zero-order valence-electron chi connectivity index (χ0n) is 30.6. The summed E-state index contributed by atoms with van der Waals surface area (Å²) in [5.41, 5.74) is 5.87. The van der Waals surface area contributed by atoms with Gasteiger partial charge in [-0.15, -0.1) is 0 Å². The number of carbonyl (C=O) groups is 1. The topological polar surface area (TPSA) is 163 Å². The van der Waals surface area contributed by atoms with Gasteiger partial charge < -0.3 is 67.3 Å². The second kappa shape index (κ2) is 34.0. The second-order valence-corrected chi connectivity index (χ2v) is 11.5. The van der Waals surface area contributed by atoms with Crippen molar-refractivity contribution in [2.24, 2.45) is 0 Å². The van der Waals surface area contributed by atoms with Crippen LogP contribution in [0.25, 0.3) is 0 Å². The van der Waals surface area contributed by atoms with E-state index < -0.39 is 5.60 Å². The normalized spacial score (nSPS) is 11.7. The highest BCUT2D eigenvalue weighted by molar-refractivity contribution is 5.69. The zero-order valence-corrected chi connectivity index (χ0v) is 30.6. The van der Waals surface area contributed by atoms with Gasteiger partial charge in [0.15, 0.2) is 0 Å². The van der Waals surface area contributed by atoms with Gasteiger partial charge in [-0.3, -0.25) is 4.79 Å². The summed E-state index contributed by atoms with van der Waals surface area (Å²) in [5.74, 6) is 0.501. The monoisotopic (exact) mass is 721 g/mol. The van der Waals surface area contributed by atoms with Crippen LogP contribution in [0.4, 0.5) is 5.69 Å². The lowest BCUT2D eigenvalue weighted by Gasteiger charge is -2.19. The molecule has 0 aliphatic carbocycles. The maximum Gasteiger partial charge on any atom is 0.308 e. The Morgan fingerprint density at radius 1 is 0.440 bits per heavy atom. The Kier molecular flexibility index (Phi) is 31.2. The lowest BCUT2D eigenvalue weighted by molar-refractivity contribution is -0.156. The highest BCUT2D eigenvalue weighted by atomic mass is 16.6. The van der Waals surface area contributed by atoms with Crippen molar-refractivity contribution in [2.75, 3.05) is 158 Å². The molecule has 2 N–H and O–H groups in total. The molecule has 0 aliphatic rings. The molecule has 50 heavy (non-hydrogen) atoms. The standard InChI is InChI=1S/C35H63NO14/c1-35(2,3)50-34(37)8-9-38-10-11-39-12-13-40-14-15-41-16-17-42-18-19-43-20-21-44-22-23-45-24-25-46-26-27-47-28-29-48-30-31-49-33-6-4-32(36)5-7-33/h4-7H,8-31,36H2,1-3H3. The summed E-state index contributed by atoms with van der Waals surface area (Å²) < 4.78 is 70.8. The van der Waals surface area contributed by atoms with E-state index in [1.807, 2.05) is 32.9 Å². The molecule has 292 valence electrons. The van der Waals surface area contributed by atoms with E-state index in [9.17, 15) is 4.79 Å². The molecule has 1 aromatic carbocycles. The van der Waals surface area contributed by atoms with Crippen LogP contribution in [-0.4, -0.2) is 164 Å². The number of esters is 1. The minimum atomic E-state index is -0.476. The van der Waals surface area contributed by atoms with Crippen LogP contribution in [0, 0.1) is 0 Å². The highest BCUT2D eigenvalue weighted by Gasteiger charge is 2.15. The smallest absolute Gasteiger partial charge is 0.308 e. The van der Waals surface area contributed by atoms with Crippen LogP contribution in [0.3, 0.4) is 0 Å². The molecule has 1 aromatic rings. The lowest BCUT2D eigenvalue weighted by Crippen LogP contribution is -2.24. The molecule has 0 spiro atoms. The van der Waals surface area contributed by atoms with Crippen LogP contribution < -0.4 is 10.5 Å². The van der Waals surface area contributed by atoms with Crippen molar-refractivity contribution in [3.05, 3.63) is 24.3 Å². The third-order valence-electron chi connectivity index (χ3n) is 5.97. The molecule has 0 aromatic heterocycles. The fraction of sp³-hybridized carbons (Fsp3) is 0.800. The van der Waals surface area contributed by atoms with Crippen LogP contribution in [0.15, 0.2) is 24.3 Å². The van der Waals surface area contributed by atoms with Gasteiger partial charge in [0.2, 0.25) is 0 Å². The molecule has 15 nitrogen and oxygen atoms in total. The van der Waals surface area contributed by atoms with Crippen molar-refractivity contribution in [3.63, 3.8) is 0 Å². The first-order chi connectivity index (χ1) is 24.4. The van der Waals surface area contributed by atoms with E-state index in [1.165, 1.54) is 0 Å². The largest absolute Gasteiger partial charge is 0.491 e. The van der Waals surface area contributed by atoms with Crippen molar-refractivity contribution >= 4 is 11.7 Å². The Bertz CT molecular complexity index is 872. The lowest BCUT2D eigenvalue weighted by atomic mass is 10.2. The van der Waals surface area contributed by atoms with E-state index in [0.29, 0.717) is 158 Å². The van der Waals surface area contributed by atoms with E-state index in [0.717, 1.165) is 5.75 Å². The van der Waals surface area contributed by atoms with E-state index in [-0.39, 0.29) is 12.4 Å². The molecule has 0 atom stereocenters. The molecule has 0 bridgehead atoms. The summed E-state index contributed by atoms with van der Waals surface area (Å²) in [7, 11) is 0. The van der Waals surface area contributed by atoms with Crippen LogP contribution in [0.5, 0.6) is 5.75 Å². The number of rotatable bonds is 37. The first-order valence-corrected chi connectivity index (χ1v) is 17.4. The van der Waals surface area contributed by atoms with Crippen molar-refractivity contribution in [2.45, 2.75) is 32.8 Å². The molecular formula is C35H63NO14. The number of anilines is 1. The fourth-order valence-corrected chi connectivity index (χ4v) is 3.63. The molecule has 0 aliphatic heterocycles. The summed E-state index contributed by atoms with van der Waals surface area (Å²) in [5, 5.41) is 0. The minimum absolute atomic E-state index is 0.230. The average molecular weight is 722 g/mol. The van der Waals surface area contributed by atoms with E-state index in [2.05, 4.69) is 0 Å². The summed E-state index contributed by atoms with van der Waals surface area (Å²) >= 11 is 0. The maximum absolute atomic E-state index is 11.6. The number of carbonyl (C=O) groups excluding carboxylic acids is 1. The van der Waals surface area contributed by atoms with Crippen molar-refractivity contribution in [3.8, 4) is 5.75 Å². The van der Waals surface area contributed by atoms with Crippen LogP contribution in [0.1, 0.15) is 27.2 Å². The predicted octanol–water partition coefficient (Wildman–Crippen LogP) is 2.56. The van der Waals surface area contributed by atoms with E-state index in [1.54, 1.807) is 12.1 Å². The fourth-order valence-electron chi connectivity index (χ4n) is 3.63. The maximum atomic E-state index is 11.6. The number of nitrogens with two attached hydrogens (primary N) is 1. The molecule has 0 radical (unpaired) electrons. The van der Waals surface area contributed by atoms with Gasteiger partial charge in [0, 0.05) is 5.69 Å². The summed E-state index contributed by atoms with van der Waals surface area (Å²) in [6, 6.07) is 7.25. The van der Waals surface area contributed by atoms with Crippen molar-refractivity contribution in [1.82, 2.24) is 0 Å². The van der Waals surface area contributed by atoms with Crippen molar-refractivity contribution in [1.29, 1.82) is 0 Å². The third-order valence-corrected chi connectivity index (χ3v) is 5.97. The van der Waals surface area contributed by atoms with Crippen LogP contribution in [-0.2, 0) is 61.6 Å². The van der Waals surface area contributed by atoms with Gasteiger partial charge in [0.25, 0.3) is 0 Å². The highest BCUT2D eigenvalue weighted by Crippen LogP contribution is 2.12. The van der Waals surface area contributed by atoms with E-state index in [4.69, 9.17) is 67.3 Å². The molecule has 15 heteroatoms. The molecule has 0 fully saturated rings. The van der Waals surface area contributed by atoms with Crippen LogP contribution >= 0.6 is 0 Å². The number of ether oxygens (including phenoxy) is 13. The SMILES string of the molecule is CC(C)(C)OC(=O)CCOCCOCCOCCOCCOCCOCCOCCOCCOCCOCCOCCOc1ccc(N)cc1. The molecule has 0 unspecified atom stereocenters. The summed E-state index contributed by atoms with van der Waals surface area (Å²) in [4.78, 5) is 11.6. The van der Waals surface area contributed by atoms with Gasteiger partial charge in [-0.2, -0.15) is 0 Å². The summed E-state index contributed by atoms with van der Waals surface area (Å²) in [6.07, 6.45) is 0.230. The first kappa shape index (κ1) is 45.9. The average Bonchev–Trinajstić information content (AvgIpc) is 3.08. The van der Waals surface area contributed by atoms with Gasteiger partial charge in [0.1, 0.15) is 18.0 Å².